The second-order valence-electron chi connectivity index (χ2n) is 7.24. The molecule has 1 amide bonds. The van der Waals surface area contributed by atoms with E-state index in [1.54, 1.807) is 0 Å². The van der Waals surface area contributed by atoms with Crippen LogP contribution >= 0.6 is 0 Å². The van der Waals surface area contributed by atoms with Gasteiger partial charge < -0.3 is 15.0 Å². The molecule has 29 heavy (non-hydrogen) atoms. The zero-order valence-corrected chi connectivity index (χ0v) is 15.9. The maximum absolute atomic E-state index is 14.0. The van der Waals surface area contributed by atoms with Crippen molar-refractivity contribution in [3.63, 3.8) is 0 Å². The van der Waals surface area contributed by atoms with Crippen molar-refractivity contribution in [1.29, 1.82) is 0 Å². The summed E-state index contributed by atoms with van der Waals surface area (Å²) in [6.45, 7) is 2.02. The summed E-state index contributed by atoms with van der Waals surface area (Å²) in [6, 6.07) is 1.40. The third-order valence-corrected chi connectivity index (χ3v) is 5.54. The average molecular weight is 401 g/mol. The van der Waals surface area contributed by atoms with Crippen molar-refractivity contribution >= 4 is 17.8 Å². The molecule has 2 aromatic rings. The van der Waals surface area contributed by atoms with Crippen LogP contribution in [-0.2, 0) is 4.79 Å². The van der Waals surface area contributed by atoms with Crippen molar-refractivity contribution in [3.05, 3.63) is 47.9 Å². The molecule has 1 aliphatic carbocycles. The Morgan fingerprint density at radius 3 is 2.83 bits per heavy atom. The number of piperidine rings is 1. The van der Waals surface area contributed by atoms with Gasteiger partial charge >= 0.3 is 6.01 Å². The minimum absolute atomic E-state index is 0.153. The van der Waals surface area contributed by atoms with Crippen molar-refractivity contribution in [2.24, 2.45) is 17.8 Å². The van der Waals surface area contributed by atoms with Gasteiger partial charge in [-0.15, -0.1) is 0 Å². The molecule has 2 unspecified atom stereocenters. The number of nitrogens with zero attached hydrogens (tertiary/aromatic N) is 4. The summed E-state index contributed by atoms with van der Waals surface area (Å²) in [5.41, 5.74) is 0.271. The Bertz CT molecular complexity index is 927. The van der Waals surface area contributed by atoms with Gasteiger partial charge in [0.15, 0.2) is 11.6 Å². The molecule has 2 atom stereocenters. The summed E-state index contributed by atoms with van der Waals surface area (Å²) >= 11 is 0. The van der Waals surface area contributed by atoms with Crippen LogP contribution in [0, 0.1) is 29.4 Å². The molecule has 0 radical (unpaired) electrons. The van der Waals surface area contributed by atoms with E-state index in [1.165, 1.54) is 37.7 Å². The number of rotatable bonds is 7. The second-order valence-corrected chi connectivity index (χ2v) is 7.24. The zero-order chi connectivity index (χ0) is 20.4. The Morgan fingerprint density at radius 1 is 1.31 bits per heavy atom. The van der Waals surface area contributed by atoms with Crippen LogP contribution in [0.1, 0.15) is 12.0 Å². The van der Waals surface area contributed by atoms with Crippen LogP contribution in [0.4, 0.5) is 14.6 Å². The second kappa shape index (κ2) is 8.10. The fourth-order valence-electron chi connectivity index (χ4n) is 4.01. The number of fused-ring (bicyclic) bond motifs is 1. The third-order valence-electron chi connectivity index (χ3n) is 5.54. The van der Waals surface area contributed by atoms with E-state index in [9.17, 15) is 13.6 Å². The van der Waals surface area contributed by atoms with Crippen LogP contribution < -0.4 is 15.0 Å². The van der Waals surface area contributed by atoms with E-state index in [2.05, 4.69) is 20.3 Å². The molecule has 152 valence electrons. The lowest BCUT2D eigenvalue weighted by molar-refractivity contribution is -0.116. The largest absolute Gasteiger partial charge is 0.467 e. The third kappa shape index (κ3) is 4.18. The number of methoxy groups -OCH3 is 1. The minimum atomic E-state index is -0.451. The van der Waals surface area contributed by atoms with E-state index in [0.29, 0.717) is 24.3 Å². The molecular weight excluding hydrogens is 380 g/mol. The molecule has 2 aliphatic rings. The number of halogens is 2. The lowest BCUT2D eigenvalue weighted by atomic mass is 10.2. The first-order chi connectivity index (χ1) is 14.1. The predicted octanol–water partition coefficient (Wildman–Crippen LogP) is 2.06. The van der Waals surface area contributed by atoms with Gasteiger partial charge in [0.2, 0.25) is 5.91 Å². The highest BCUT2D eigenvalue weighted by Crippen LogP contribution is 2.54. The number of nitrogens with one attached hydrogen (secondary N) is 1. The molecule has 0 spiro atoms. The molecule has 2 aromatic heterocycles. The highest BCUT2D eigenvalue weighted by molar-refractivity contribution is 5.91. The Balaban J connectivity index is 1.21. The molecule has 1 saturated carbocycles. The normalized spacial score (nSPS) is 22.6. The lowest BCUT2D eigenvalue weighted by Gasteiger charge is -2.21. The quantitative estimate of drug-likeness (QED) is 0.716. The number of pyridine rings is 1. The lowest BCUT2D eigenvalue weighted by Crippen LogP contribution is -2.28. The molecule has 9 heteroatoms. The zero-order valence-electron chi connectivity index (χ0n) is 15.9. The van der Waals surface area contributed by atoms with E-state index in [4.69, 9.17) is 4.74 Å². The van der Waals surface area contributed by atoms with Crippen LogP contribution in [0.5, 0.6) is 6.01 Å². The Labute approximate surface area is 166 Å². The van der Waals surface area contributed by atoms with Gasteiger partial charge in [-0.3, -0.25) is 9.78 Å². The van der Waals surface area contributed by atoms with E-state index in [1.807, 2.05) is 4.90 Å². The number of carbonyl (C=O) groups is 1. The van der Waals surface area contributed by atoms with Gasteiger partial charge in [0.1, 0.15) is 5.82 Å². The fraction of sp³-hybridized carbons (Fsp3) is 0.400. The van der Waals surface area contributed by atoms with E-state index >= 15 is 0 Å². The van der Waals surface area contributed by atoms with Crippen molar-refractivity contribution in [3.8, 4) is 6.01 Å². The minimum Gasteiger partial charge on any atom is -0.467 e. The molecule has 1 N–H and O–H groups in total. The van der Waals surface area contributed by atoms with Gasteiger partial charge in [0, 0.05) is 43.7 Å². The van der Waals surface area contributed by atoms with Crippen molar-refractivity contribution < 1.29 is 18.3 Å². The summed E-state index contributed by atoms with van der Waals surface area (Å²) in [6.07, 6.45) is 7.43. The summed E-state index contributed by atoms with van der Waals surface area (Å²) in [7, 11) is 1.45. The van der Waals surface area contributed by atoms with E-state index < -0.39 is 11.6 Å². The molecule has 4 rings (SSSR count). The number of hydrogen-bond acceptors (Lipinski definition) is 6. The topological polar surface area (TPSA) is 80.2 Å². The highest BCUT2D eigenvalue weighted by atomic mass is 19.1. The molecule has 1 saturated heterocycles. The smallest absolute Gasteiger partial charge is 0.318 e. The SMILES string of the molecule is COc1ncc(F)c(N2CC3C(CCNC(=O)/C=C/c4cnccc4F)C3C2)n1. The number of aromatic nitrogens is 3. The van der Waals surface area contributed by atoms with Gasteiger partial charge in [-0.1, -0.05) is 0 Å². The summed E-state index contributed by atoms with van der Waals surface area (Å²) < 4.78 is 32.5. The molecule has 1 aliphatic heterocycles. The van der Waals surface area contributed by atoms with Crippen LogP contribution in [0.15, 0.2) is 30.7 Å². The first-order valence-corrected chi connectivity index (χ1v) is 9.43. The summed E-state index contributed by atoms with van der Waals surface area (Å²) in [5.74, 6) is 0.613. The summed E-state index contributed by atoms with van der Waals surface area (Å²) in [4.78, 5) is 25.5. The molecule has 3 heterocycles. The summed E-state index contributed by atoms with van der Waals surface area (Å²) in [5, 5.41) is 2.82. The number of hydrogen-bond donors (Lipinski definition) is 1. The molecule has 0 aromatic carbocycles. The molecule has 2 fully saturated rings. The predicted molar refractivity (Wildman–Crippen MR) is 102 cm³/mol. The van der Waals surface area contributed by atoms with Crippen molar-refractivity contribution in [2.75, 3.05) is 31.6 Å². The monoisotopic (exact) mass is 401 g/mol. The van der Waals surface area contributed by atoms with Crippen LogP contribution in [0.2, 0.25) is 0 Å². The first-order valence-electron chi connectivity index (χ1n) is 9.43. The van der Waals surface area contributed by atoms with Crippen LogP contribution in [-0.4, -0.2) is 47.6 Å². The first kappa shape index (κ1) is 19.2. The number of carbonyl (C=O) groups excluding carboxylic acids is 1. The molecule has 0 bridgehead atoms. The van der Waals surface area contributed by atoms with Crippen molar-refractivity contribution in [2.45, 2.75) is 6.42 Å². The van der Waals surface area contributed by atoms with Gasteiger partial charge in [0.05, 0.1) is 13.3 Å². The van der Waals surface area contributed by atoms with Gasteiger partial charge in [-0.2, -0.15) is 4.98 Å². The molecular formula is C20H21F2N5O2. The maximum Gasteiger partial charge on any atom is 0.318 e. The average Bonchev–Trinajstić information content (AvgIpc) is 3.17. The standard InChI is InChI=1S/C20H21F2N5O2/c1-29-20-25-9-17(22)19(26-20)27-10-14-13(15(14)11-27)4-7-24-18(28)3-2-12-8-23-6-5-16(12)21/h2-3,5-6,8-9,13-15H,4,7,10-11H2,1H3,(H,24,28)/b3-2+. The fourth-order valence-corrected chi connectivity index (χ4v) is 4.01. The van der Waals surface area contributed by atoms with Crippen molar-refractivity contribution in [1.82, 2.24) is 20.3 Å². The van der Waals surface area contributed by atoms with Gasteiger partial charge in [-0.25, -0.2) is 13.8 Å². The van der Waals surface area contributed by atoms with Gasteiger partial charge in [-0.05, 0) is 36.3 Å². The Hall–Kier alpha value is -3.10. The number of anilines is 1. The maximum atomic E-state index is 14.0. The Kier molecular flexibility index (Phi) is 5.37. The van der Waals surface area contributed by atoms with E-state index in [0.717, 1.165) is 25.7 Å². The molecule has 7 nitrogen and oxygen atoms in total. The highest BCUT2D eigenvalue weighted by Gasteiger charge is 2.55. The Morgan fingerprint density at radius 2 is 2.10 bits per heavy atom. The van der Waals surface area contributed by atoms with Crippen LogP contribution in [0.3, 0.4) is 0 Å². The van der Waals surface area contributed by atoms with E-state index in [-0.39, 0.29) is 23.3 Å². The number of amides is 1. The number of ether oxygens (including phenoxy) is 1. The van der Waals surface area contributed by atoms with Crippen LogP contribution in [0.25, 0.3) is 6.08 Å². The van der Waals surface area contributed by atoms with Gasteiger partial charge in [0.25, 0.3) is 0 Å².